The Morgan fingerprint density at radius 1 is 1.08 bits per heavy atom. The van der Waals surface area contributed by atoms with Crippen LogP contribution in [0.3, 0.4) is 0 Å². The molecule has 256 valence electrons. The maximum atomic E-state index is 15.8. The summed E-state index contributed by atoms with van der Waals surface area (Å²) in [5.41, 5.74) is 5.65. The summed E-state index contributed by atoms with van der Waals surface area (Å²) in [5, 5.41) is 1.62. The SMILES string of the molecule is CC(=O)[C@@H](OC(C)(C)C)c1c(C)nc2c(cc(-c3nc(N4CCC(N5CCCC5)CC4)ns3)n2C)c1-c1cc(F)c2c(c1C)CCCO2. The quantitative estimate of drug-likeness (QED) is 0.201. The normalized spacial score (nSPS) is 18.4. The summed E-state index contributed by atoms with van der Waals surface area (Å²) in [6.07, 6.45) is 5.56. The molecule has 48 heavy (non-hydrogen) atoms. The van der Waals surface area contributed by atoms with E-state index in [0.717, 1.165) is 88.7 Å². The number of fused-ring (bicyclic) bond motifs is 2. The predicted octanol–water partition coefficient (Wildman–Crippen LogP) is 7.35. The van der Waals surface area contributed by atoms with Crippen molar-refractivity contribution < 1.29 is 18.7 Å². The van der Waals surface area contributed by atoms with E-state index in [-0.39, 0.29) is 5.78 Å². The highest BCUT2D eigenvalue weighted by Gasteiger charge is 2.34. The van der Waals surface area contributed by atoms with Crippen LogP contribution in [0.1, 0.15) is 88.3 Å². The van der Waals surface area contributed by atoms with Crippen molar-refractivity contribution in [2.24, 2.45) is 7.05 Å². The van der Waals surface area contributed by atoms with Crippen LogP contribution in [0.4, 0.5) is 10.3 Å². The number of ketones is 1. The standard InChI is InChI=1S/C37H47FN6O3S/c1-21-25-11-10-18-46-33(25)28(38)19-26(21)31-27-20-29(42(7)34(27)39-22(2)30(31)32(23(3)45)47-37(4,5)6)35-40-36(41-48-35)44-16-12-24(13-17-44)43-14-8-9-15-43/h19-20,24,32H,8-18H2,1-7H3/t32-/m1/s1. The number of hydrogen-bond acceptors (Lipinski definition) is 9. The van der Waals surface area contributed by atoms with Gasteiger partial charge >= 0.3 is 0 Å². The Labute approximate surface area is 286 Å². The summed E-state index contributed by atoms with van der Waals surface area (Å²) in [4.78, 5) is 28.4. The van der Waals surface area contributed by atoms with Crippen LogP contribution in [-0.4, -0.2) is 74.0 Å². The molecule has 0 amide bonds. The summed E-state index contributed by atoms with van der Waals surface area (Å²) < 4.78 is 34.9. The fraction of sp³-hybridized carbons (Fsp3) is 0.568. The molecular weight excluding hydrogens is 628 g/mol. The highest BCUT2D eigenvalue weighted by atomic mass is 32.1. The van der Waals surface area contributed by atoms with Gasteiger partial charge in [-0.15, -0.1) is 0 Å². The van der Waals surface area contributed by atoms with E-state index in [0.29, 0.717) is 29.7 Å². The molecule has 7 rings (SSSR count). The second-order valence-electron chi connectivity index (χ2n) is 14.7. The van der Waals surface area contributed by atoms with Crippen LogP contribution in [0.25, 0.3) is 32.9 Å². The maximum absolute atomic E-state index is 15.8. The molecule has 3 aliphatic heterocycles. The average molecular weight is 675 g/mol. The van der Waals surface area contributed by atoms with Crippen LogP contribution < -0.4 is 9.64 Å². The highest BCUT2D eigenvalue weighted by Crippen LogP contribution is 2.46. The second kappa shape index (κ2) is 12.8. The lowest BCUT2D eigenvalue weighted by atomic mass is 9.86. The largest absolute Gasteiger partial charge is 0.490 e. The van der Waals surface area contributed by atoms with E-state index in [1.165, 1.54) is 37.5 Å². The first-order valence-corrected chi connectivity index (χ1v) is 18.1. The fourth-order valence-corrected chi connectivity index (χ4v) is 8.61. The number of carbonyl (C=O) groups excluding carboxylic acids is 1. The van der Waals surface area contributed by atoms with E-state index < -0.39 is 17.5 Å². The zero-order valence-electron chi connectivity index (χ0n) is 29.3. The van der Waals surface area contributed by atoms with Crippen molar-refractivity contribution in [2.75, 3.05) is 37.7 Å². The van der Waals surface area contributed by atoms with Crippen molar-refractivity contribution in [1.29, 1.82) is 0 Å². The molecule has 2 fully saturated rings. The lowest BCUT2D eigenvalue weighted by Gasteiger charge is -2.36. The summed E-state index contributed by atoms with van der Waals surface area (Å²) in [7, 11) is 1.98. The smallest absolute Gasteiger partial charge is 0.237 e. The van der Waals surface area contributed by atoms with Gasteiger partial charge in [0.1, 0.15) is 11.8 Å². The van der Waals surface area contributed by atoms with Crippen LogP contribution in [0.5, 0.6) is 5.75 Å². The lowest BCUT2D eigenvalue weighted by Crippen LogP contribution is -2.44. The van der Waals surface area contributed by atoms with Crippen LogP contribution >= 0.6 is 11.5 Å². The minimum Gasteiger partial charge on any atom is -0.490 e. The van der Waals surface area contributed by atoms with E-state index >= 15 is 4.39 Å². The zero-order valence-corrected chi connectivity index (χ0v) is 30.1. The van der Waals surface area contributed by atoms with Crippen molar-refractivity contribution in [1.82, 2.24) is 23.8 Å². The number of anilines is 1. The first-order valence-electron chi connectivity index (χ1n) is 17.4. The van der Waals surface area contributed by atoms with E-state index in [1.54, 1.807) is 13.0 Å². The number of Topliss-reactive ketones (excluding diaryl/α,β-unsaturated/α-hetero) is 1. The van der Waals surface area contributed by atoms with E-state index in [2.05, 4.69) is 15.9 Å². The molecular formula is C37H47FN6O3S. The van der Waals surface area contributed by atoms with Gasteiger partial charge in [0.15, 0.2) is 22.4 Å². The molecule has 0 spiro atoms. The van der Waals surface area contributed by atoms with Gasteiger partial charge in [-0.05, 0) is 128 Å². The van der Waals surface area contributed by atoms with Crippen LogP contribution in [-0.2, 0) is 23.0 Å². The molecule has 11 heteroatoms. The highest BCUT2D eigenvalue weighted by molar-refractivity contribution is 7.09. The van der Waals surface area contributed by atoms with Crippen molar-refractivity contribution in [3.05, 3.63) is 40.3 Å². The van der Waals surface area contributed by atoms with Crippen LogP contribution in [0, 0.1) is 19.7 Å². The number of halogens is 1. The number of aryl methyl sites for hydroxylation is 2. The van der Waals surface area contributed by atoms with Gasteiger partial charge in [0.25, 0.3) is 0 Å². The molecule has 0 aliphatic carbocycles. The maximum Gasteiger partial charge on any atom is 0.237 e. The van der Waals surface area contributed by atoms with Crippen molar-refractivity contribution in [3.8, 4) is 27.6 Å². The molecule has 0 radical (unpaired) electrons. The number of aromatic nitrogens is 4. The Bertz CT molecular complexity index is 1860. The average Bonchev–Trinajstić information content (AvgIpc) is 3.83. The number of benzene rings is 1. The van der Waals surface area contributed by atoms with Crippen LogP contribution in [0.15, 0.2) is 12.1 Å². The number of ether oxygens (including phenoxy) is 2. The predicted molar refractivity (Wildman–Crippen MR) is 189 cm³/mol. The Kier molecular flexibility index (Phi) is 8.83. The topological polar surface area (TPSA) is 85.6 Å². The van der Waals surface area contributed by atoms with Gasteiger partial charge in [0, 0.05) is 53.9 Å². The molecule has 2 saturated heterocycles. The van der Waals surface area contributed by atoms with Gasteiger partial charge in [0.2, 0.25) is 5.95 Å². The van der Waals surface area contributed by atoms with E-state index in [9.17, 15) is 4.79 Å². The van der Waals surface area contributed by atoms with E-state index in [4.69, 9.17) is 23.8 Å². The number of rotatable bonds is 7. The summed E-state index contributed by atoms with van der Waals surface area (Å²) in [6, 6.07) is 4.30. The molecule has 0 bridgehead atoms. The number of carbonyl (C=O) groups is 1. The molecule has 1 aromatic carbocycles. The zero-order chi connectivity index (χ0) is 33.9. The minimum atomic E-state index is -0.882. The number of likely N-dealkylation sites (tertiary alicyclic amines) is 1. The monoisotopic (exact) mass is 674 g/mol. The van der Waals surface area contributed by atoms with Crippen molar-refractivity contribution in [3.63, 3.8) is 0 Å². The van der Waals surface area contributed by atoms with Crippen LogP contribution in [0.2, 0.25) is 0 Å². The minimum absolute atomic E-state index is 0.131. The molecule has 1 atom stereocenters. The molecule has 0 unspecified atom stereocenters. The Morgan fingerprint density at radius 2 is 1.81 bits per heavy atom. The molecule has 9 nitrogen and oxygen atoms in total. The molecule has 3 aromatic heterocycles. The van der Waals surface area contributed by atoms with Gasteiger partial charge in [-0.25, -0.2) is 9.37 Å². The van der Waals surface area contributed by atoms with Gasteiger partial charge in [0.05, 0.1) is 17.9 Å². The third-order valence-electron chi connectivity index (χ3n) is 10.3. The van der Waals surface area contributed by atoms with Gasteiger partial charge in [-0.3, -0.25) is 4.79 Å². The molecule has 4 aromatic rings. The summed E-state index contributed by atoms with van der Waals surface area (Å²) >= 11 is 1.39. The molecule has 3 aliphatic rings. The molecule has 6 heterocycles. The first-order chi connectivity index (χ1) is 22.9. The first kappa shape index (κ1) is 33.1. The number of piperidine rings is 1. The summed E-state index contributed by atoms with van der Waals surface area (Å²) in [6.45, 7) is 16.2. The second-order valence-corrected chi connectivity index (χ2v) is 15.4. The lowest BCUT2D eigenvalue weighted by molar-refractivity contribution is -0.138. The Balaban J connectivity index is 1.35. The van der Waals surface area contributed by atoms with Gasteiger partial charge in [-0.1, -0.05) is 0 Å². The van der Waals surface area contributed by atoms with Crippen molar-refractivity contribution in [2.45, 2.75) is 97.8 Å². The number of pyridine rings is 1. The third-order valence-corrected chi connectivity index (χ3v) is 11.0. The summed E-state index contributed by atoms with van der Waals surface area (Å²) in [5.74, 6) is 0.578. The fourth-order valence-electron chi connectivity index (χ4n) is 7.88. The van der Waals surface area contributed by atoms with Gasteiger partial charge < -0.3 is 23.8 Å². The van der Waals surface area contributed by atoms with Crippen molar-refractivity contribution >= 4 is 34.3 Å². The third kappa shape index (κ3) is 6.02. The number of nitrogens with zero attached hydrogens (tertiary/aromatic N) is 6. The molecule has 0 saturated carbocycles. The number of hydrogen-bond donors (Lipinski definition) is 0. The Morgan fingerprint density at radius 3 is 2.50 bits per heavy atom. The van der Waals surface area contributed by atoms with Gasteiger partial charge in [-0.2, -0.15) is 9.36 Å². The van der Waals surface area contributed by atoms with E-state index in [1.807, 2.05) is 46.2 Å². The Hall–Kier alpha value is -3.41. The molecule has 0 N–H and O–H groups in total.